The number of aliphatic hydroxyl groups excluding tert-OH is 1. The van der Waals surface area contributed by atoms with Crippen molar-refractivity contribution in [2.24, 2.45) is 0 Å². The second-order valence-electron chi connectivity index (χ2n) is 4.44. The molecule has 0 aliphatic carbocycles. The summed E-state index contributed by atoms with van der Waals surface area (Å²) in [5.74, 6) is 0. The minimum Gasteiger partial charge on any atom is -0.391 e. The van der Waals surface area contributed by atoms with Crippen molar-refractivity contribution >= 4 is 0 Å². The van der Waals surface area contributed by atoms with Crippen LogP contribution in [0, 0.1) is 0 Å². The van der Waals surface area contributed by atoms with Crippen molar-refractivity contribution in [1.82, 2.24) is 4.90 Å². The van der Waals surface area contributed by atoms with Gasteiger partial charge in [0.15, 0.2) is 0 Å². The third kappa shape index (κ3) is 2.34. The molecule has 1 fully saturated rings. The van der Waals surface area contributed by atoms with Crippen LogP contribution in [0.2, 0.25) is 0 Å². The van der Waals surface area contributed by atoms with Gasteiger partial charge in [0.05, 0.1) is 6.10 Å². The summed E-state index contributed by atoms with van der Waals surface area (Å²) in [6.07, 6.45) is 2.21. The topological polar surface area (TPSA) is 23.2 Å². The number of rotatable bonds is 5. The van der Waals surface area contributed by atoms with Crippen LogP contribution in [-0.4, -0.2) is 28.7 Å². The van der Waals surface area contributed by atoms with Crippen LogP contribution in [-0.2, 0) is 0 Å². The Morgan fingerprint density at radius 3 is 2.81 bits per heavy atom. The first kappa shape index (κ1) is 11.4. The van der Waals surface area contributed by atoms with Gasteiger partial charge < -0.3 is 5.11 Å². The molecule has 1 aromatic rings. The molecule has 0 bridgehead atoms. The summed E-state index contributed by atoms with van der Waals surface area (Å²) in [6, 6.07) is 11.1. The fourth-order valence-corrected chi connectivity index (χ4v) is 2.21. The van der Waals surface area contributed by atoms with E-state index < -0.39 is 0 Å². The zero-order chi connectivity index (χ0) is 11.5. The van der Waals surface area contributed by atoms with Crippen LogP contribution in [0.1, 0.15) is 24.9 Å². The molecule has 0 saturated carbocycles. The lowest BCUT2D eigenvalue weighted by Gasteiger charge is -2.16. The molecule has 1 saturated heterocycles. The molecule has 4 atom stereocenters. The smallest absolute Gasteiger partial charge is 0.0742 e. The molecule has 16 heavy (non-hydrogen) atoms. The molecule has 1 aliphatic heterocycles. The monoisotopic (exact) mass is 217 g/mol. The predicted octanol–water partition coefficient (Wildman–Crippen LogP) is 2.37. The van der Waals surface area contributed by atoms with Gasteiger partial charge in [-0.1, -0.05) is 36.4 Å². The van der Waals surface area contributed by atoms with Gasteiger partial charge in [-0.25, -0.2) is 0 Å². The van der Waals surface area contributed by atoms with Crippen LogP contribution in [0.3, 0.4) is 0 Å². The summed E-state index contributed by atoms with van der Waals surface area (Å²) in [5.41, 5.74) is 1.32. The highest BCUT2D eigenvalue weighted by Gasteiger charge is 2.42. The quantitative estimate of drug-likeness (QED) is 0.604. The standard InChI is InChI=1S/C14H19NO/c1-3-7-14(16)13-10-15(13)11(2)12-8-5-4-6-9-12/h3-6,8-9,11,13-14,16H,1,7,10H2,2H3/t11-,13-,14-,15?/m1/s1. The van der Waals surface area contributed by atoms with Gasteiger partial charge in [-0.15, -0.1) is 6.58 Å². The van der Waals surface area contributed by atoms with Gasteiger partial charge in [0, 0.05) is 18.6 Å². The maximum Gasteiger partial charge on any atom is 0.0742 e. The predicted molar refractivity (Wildman–Crippen MR) is 66.2 cm³/mol. The number of aliphatic hydroxyl groups is 1. The van der Waals surface area contributed by atoms with E-state index in [0.717, 1.165) is 6.54 Å². The molecule has 0 amide bonds. The minimum atomic E-state index is -0.260. The molecule has 1 aromatic carbocycles. The van der Waals surface area contributed by atoms with Crippen molar-refractivity contribution in [3.8, 4) is 0 Å². The van der Waals surface area contributed by atoms with E-state index in [1.807, 2.05) is 6.07 Å². The Labute approximate surface area is 97.2 Å². The van der Waals surface area contributed by atoms with E-state index in [0.29, 0.717) is 18.5 Å². The molecule has 86 valence electrons. The molecule has 0 radical (unpaired) electrons. The van der Waals surface area contributed by atoms with Crippen LogP contribution in [0.4, 0.5) is 0 Å². The highest BCUT2D eigenvalue weighted by Crippen LogP contribution is 2.34. The minimum absolute atomic E-state index is 0.260. The molecule has 1 heterocycles. The Kier molecular flexibility index (Phi) is 3.42. The first-order chi connectivity index (χ1) is 7.74. The van der Waals surface area contributed by atoms with E-state index in [1.54, 1.807) is 6.08 Å². The van der Waals surface area contributed by atoms with E-state index in [1.165, 1.54) is 5.56 Å². The molecular weight excluding hydrogens is 198 g/mol. The average molecular weight is 217 g/mol. The fourth-order valence-electron chi connectivity index (χ4n) is 2.21. The lowest BCUT2D eigenvalue weighted by Crippen LogP contribution is -2.19. The van der Waals surface area contributed by atoms with Crippen LogP contribution < -0.4 is 0 Å². The second-order valence-corrected chi connectivity index (χ2v) is 4.44. The lowest BCUT2D eigenvalue weighted by molar-refractivity contribution is 0.152. The van der Waals surface area contributed by atoms with Crippen LogP contribution in [0.5, 0.6) is 0 Å². The van der Waals surface area contributed by atoms with Gasteiger partial charge in [-0.2, -0.15) is 0 Å². The van der Waals surface area contributed by atoms with E-state index in [9.17, 15) is 5.11 Å². The summed E-state index contributed by atoms with van der Waals surface area (Å²) in [5, 5.41) is 9.84. The van der Waals surface area contributed by atoms with Crippen molar-refractivity contribution in [2.45, 2.75) is 31.5 Å². The van der Waals surface area contributed by atoms with Gasteiger partial charge in [0.1, 0.15) is 0 Å². The third-order valence-electron chi connectivity index (χ3n) is 3.32. The fraction of sp³-hybridized carbons (Fsp3) is 0.429. The largest absolute Gasteiger partial charge is 0.391 e. The maximum absolute atomic E-state index is 9.84. The third-order valence-corrected chi connectivity index (χ3v) is 3.32. The molecule has 2 nitrogen and oxygen atoms in total. The molecule has 1 unspecified atom stereocenters. The Morgan fingerprint density at radius 2 is 2.19 bits per heavy atom. The van der Waals surface area contributed by atoms with Crippen molar-refractivity contribution in [3.63, 3.8) is 0 Å². The van der Waals surface area contributed by atoms with Gasteiger partial charge in [-0.05, 0) is 18.9 Å². The van der Waals surface area contributed by atoms with Gasteiger partial charge in [0.2, 0.25) is 0 Å². The molecule has 2 heteroatoms. The lowest BCUT2D eigenvalue weighted by atomic mass is 10.1. The van der Waals surface area contributed by atoms with E-state index in [2.05, 4.69) is 42.7 Å². The Bertz CT molecular complexity index is 349. The Morgan fingerprint density at radius 1 is 1.50 bits per heavy atom. The van der Waals surface area contributed by atoms with Crippen LogP contribution in [0.15, 0.2) is 43.0 Å². The molecule has 1 aliphatic rings. The maximum atomic E-state index is 9.84. The van der Waals surface area contributed by atoms with Gasteiger partial charge in [0.25, 0.3) is 0 Å². The van der Waals surface area contributed by atoms with Crippen molar-refractivity contribution in [2.75, 3.05) is 6.54 Å². The van der Waals surface area contributed by atoms with Crippen molar-refractivity contribution in [1.29, 1.82) is 0 Å². The number of benzene rings is 1. The van der Waals surface area contributed by atoms with Crippen molar-refractivity contribution < 1.29 is 5.11 Å². The first-order valence-corrected chi connectivity index (χ1v) is 5.83. The average Bonchev–Trinajstić information content (AvgIpc) is 3.09. The van der Waals surface area contributed by atoms with Crippen LogP contribution >= 0.6 is 0 Å². The number of hydrogen-bond acceptors (Lipinski definition) is 2. The van der Waals surface area contributed by atoms with Gasteiger partial charge in [-0.3, -0.25) is 4.90 Å². The second kappa shape index (κ2) is 4.81. The molecule has 0 aromatic heterocycles. The highest BCUT2D eigenvalue weighted by atomic mass is 16.3. The first-order valence-electron chi connectivity index (χ1n) is 5.83. The van der Waals surface area contributed by atoms with E-state index in [4.69, 9.17) is 0 Å². The summed E-state index contributed by atoms with van der Waals surface area (Å²) in [7, 11) is 0. The summed E-state index contributed by atoms with van der Waals surface area (Å²) >= 11 is 0. The summed E-state index contributed by atoms with van der Waals surface area (Å²) < 4.78 is 0. The highest BCUT2D eigenvalue weighted by molar-refractivity contribution is 5.20. The molecule has 1 N–H and O–H groups in total. The zero-order valence-electron chi connectivity index (χ0n) is 9.71. The van der Waals surface area contributed by atoms with Gasteiger partial charge >= 0.3 is 0 Å². The number of hydrogen-bond donors (Lipinski definition) is 1. The zero-order valence-corrected chi connectivity index (χ0v) is 9.71. The normalized spacial score (nSPS) is 27.1. The molecule has 0 spiro atoms. The number of nitrogens with zero attached hydrogens (tertiary/aromatic N) is 1. The Hall–Kier alpha value is -1.12. The van der Waals surface area contributed by atoms with E-state index in [-0.39, 0.29) is 6.10 Å². The van der Waals surface area contributed by atoms with E-state index >= 15 is 0 Å². The summed E-state index contributed by atoms with van der Waals surface area (Å²) in [6.45, 7) is 6.84. The molecule has 2 rings (SSSR count). The summed E-state index contributed by atoms with van der Waals surface area (Å²) in [4.78, 5) is 2.32. The Balaban J connectivity index is 1.94. The molecular formula is C14H19NO. The van der Waals surface area contributed by atoms with Crippen molar-refractivity contribution in [3.05, 3.63) is 48.6 Å². The SMILES string of the molecule is C=CC[C@@H](O)[C@H]1CN1[C@H](C)c1ccccc1. The van der Waals surface area contributed by atoms with Crippen LogP contribution in [0.25, 0.3) is 0 Å².